The second-order valence-electron chi connectivity index (χ2n) is 27.2. The number of rotatable bonds is 4. The van der Waals surface area contributed by atoms with Crippen LogP contribution in [0.1, 0.15) is 162 Å². The number of thiophene rings is 1. The second kappa shape index (κ2) is 16.1. The first-order chi connectivity index (χ1) is 34.3. The van der Waals surface area contributed by atoms with Crippen molar-refractivity contribution in [1.82, 2.24) is 0 Å². The summed E-state index contributed by atoms with van der Waals surface area (Å²) >= 11 is 2.03. The van der Waals surface area contributed by atoms with Crippen LogP contribution >= 0.6 is 11.3 Å². The van der Waals surface area contributed by atoms with Gasteiger partial charge in [-0.1, -0.05) is 176 Å². The van der Waals surface area contributed by atoms with Crippen LogP contribution in [0.3, 0.4) is 0 Å². The highest BCUT2D eigenvalue weighted by Gasteiger charge is 2.49. The van der Waals surface area contributed by atoms with Crippen LogP contribution in [0.15, 0.2) is 133 Å². The van der Waals surface area contributed by atoms with E-state index < -0.39 is 0 Å². The maximum atomic E-state index is 2.77. The fourth-order valence-corrected chi connectivity index (χ4v) is 14.7. The van der Waals surface area contributed by atoms with Crippen LogP contribution in [-0.4, -0.2) is 6.71 Å². The minimum absolute atomic E-state index is 0.0203. The topological polar surface area (TPSA) is 6.48 Å². The number of fused-ring (bicyclic) bond motifs is 8. The smallest absolute Gasteiger partial charge is 0.264 e. The van der Waals surface area contributed by atoms with Crippen molar-refractivity contribution in [2.45, 2.75) is 162 Å². The molecule has 8 aromatic rings. The van der Waals surface area contributed by atoms with Crippen molar-refractivity contribution in [2.24, 2.45) is 0 Å². The Labute approximate surface area is 442 Å². The molecule has 4 aliphatic rings. The van der Waals surface area contributed by atoms with Gasteiger partial charge >= 0.3 is 0 Å². The normalized spacial score (nSPS) is 17.9. The van der Waals surface area contributed by atoms with Crippen LogP contribution in [0.25, 0.3) is 32.3 Å². The van der Waals surface area contributed by atoms with E-state index in [1.807, 2.05) is 11.3 Å². The molecule has 0 unspecified atom stereocenters. The predicted molar refractivity (Wildman–Crippen MR) is 319 cm³/mol. The van der Waals surface area contributed by atoms with Gasteiger partial charge in [0, 0.05) is 48.7 Å². The summed E-state index contributed by atoms with van der Waals surface area (Å²) in [5, 5.41) is 1.34. The van der Waals surface area contributed by atoms with Crippen molar-refractivity contribution in [2.75, 3.05) is 9.80 Å². The number of anilines is 6. The van der Waals surface area contributed by atoms with E-state index in [1.54, 1.807) is 0 Å². The van der Waals surface area contributed by atoms with Gasteiger partial charge in [0.1, 0.15) is 0 Å². The summed E-state index contributed by atoms with van der Waals surface area (Å²) in [5.41, 5.74) is 25.6. The number of aryl methyl sites for hydroxylation is 1. The molecular weight excluding hydrogens is 900 g/mol. The molecule has 0 atom stereocenters. The highest BCUT2D eigenvalue weighted by atomic mass is 32.1. The Bertz CT molecular complexity index is 3490. The maximum Gasteiger partial charge on any atom is 0.264 e. The molecule has 2 nitrogen and oxygen atoms in total. The summed E-state index contributed by atoms with van der Waals surface area (Å²) in [6.45, 7) is 36.4. The first-order valence-electron chi connectivity index (χ1n) is 27.3. The Morgan fingerprint density at radius 2 is 0.973 bits per heavy atom. The fourth-order valence-electron chi connectivity index (χ4n) is 13.4. The van der Waals surface area contributed by atoms with E-state index in [0.29, 0.717) is 0 Å². The van der Waals surface area contributed by atoms with Crippen LogP contribution in [0.2, 0.25) is 0 Å². The Morgan fingerprint density at radius 3 is 1.52 bits per heavy atom. The maximum absolute atomic E-state index is 2.77. The molecule has 0 fully saturated rings. The first kappa shape index (κ1) is 48.1. The predicted octanol–water partition coefficient (Wildman–Crippen LogP) is 17.9. The third-order valence-electron chi connectivity index (χ3n) is 18.1. The number of nitrogens with zero attached hydrogens (tertiary/aromatic N) is 2. The van der Waals surface area contributed by atoms with Gasteiger partial charge < -0.3 is 9.80 Å². The standard InChI is InChI=1S/C69H75BN2S/c1-42-34-57-60-58(35-42)72(61-48(43-22-18-16-19-23-43)37-46(65(5,6)7)38-49(61)44-24-20-17-21-25-44)62-50-36-45(64(2,3)4)26-29-59(50)73-63(62)70(60)55-40-53-54(69(14,15)33-32-68(53,12)13)41-56(55)71(57)47-27-28-51-52(39-47)67(10,11)31-30-66(51,8)9/h16-29,34-41H,30-33H2,1-15H3. The zero-order valence-corrected chi connectivity index (χ0v) is 47.2. The van der Waals surface area contributed by atoms with Crippen molar-refractivity contribution in [3.8, 4) is 22.3 Å². The van der Waals surface area contributed by atoms with Crippen LogP contribution in [-0.2, 0) is 32.5 Å². The molecular formula is C69H75BN2S. The molecule has 12 rings (SSSR count). The summed E-state index contributed by atoms with van der Waals surface area (Å²) in [4.78, 5) is 5.49. The van der Waals surface area contributed by atoms with Gasteiger partial charge in [0.15, 0.2) is 0 Å². The summed E-state index contributed by atoms with van der Waals surface area (Å²) in [7, 11) is 0. The van der Waals surface area contributed by atoms with E-state index in [-0.39, 0.29) is 39.2 Å². The van der Waals surface area contributed by atoms with Gasteiger partial charge in [-0.2, -0.15) is 0 Å². The average Bonchev–Trinajstić information content (AvgIpc) is 3.72. The highest BCUT2D eigenvalue weighted by Crippen LogP contribution is 2.56. The zero-order chi connectivity index (χ0) is 51.5. The molecule has 0 saturated carbocycles. The lowest BCUT2D eigenvalue weighted by atomic mass is 9.35. The minimum atomic E-state index is -0.0900. The van der Waals surface area contributed by atoms with E-state index in [2.05, 4.69) is 247 Å². The summed E-state index contributed by atoms with van der Waals surface area (Å²) in [6.07, 6.45) is 4.71. The van der Waals surface area contributed by atoms with Gasteiger partial charge in [0.2, 0.25) is 0 Å². The molecule has 2 aliphatic carbocycles. The van der Waals surface area contributed by atoms with Crippen molar-refractivity contribution in [1.29, 1.82) is 0 Å². The Hall–Kier alpha value is -5.84. The Balaban J connectivity index is 1.26. The quantitative estimate of drug-likeness (QED) is 0.162. The van der Waals surface area contributed by atoms with Crippen molar-refractivity contribution in [3.05, 3.63) is 172 Å². The van der Waals surface area contributed by atoms with Gasteiger partial charge in [-0.3, -0.25) is 0 Å². The van der Waals surface area contributed by atoms with E-state index in [0.717, 1.165) is 0 Å². The molecule has 370 valence electrons. The number of hydrogen-bond donors (Lipinski definition) is 0. The lowest BCUT2D eigenvalue weighted by molar-refractivity contribution is 0.332. The lowest BCUT2D eigenvalue weighted by Gasteiger charge is -2.48. The first-order valence-corrected chi connectivity index (χ1v) is 28.1. The van der Waals surface area contributed by atoms with Crippen LogP contribution in [0.4, 0.5) is 34.1 Å². The highest BCUT2D eigenvalue weighted by molar-refractivity contribution is 7.33. The monoisotopic (exact) mass is 975 g/mol. The van der Waals surface area contributed by atoms with Gasteiger partial charge in [-0.15, -0.1) is 11.3 Å². The third kappa shape index (κ3) is 7.53. The molecule has 0 radical (unpaired) electrons. The van der Waals surface area contributed by atoms with Gasteiger partial charge in [0.05, 0.1) is 11.4 Å². The number of benzene rings is 7. The molecule has 1 aromatic heterocycles. The summed E-state index contributed by atoms with van der Waals surface area (Å²) in [5.74, 6) is 0. The molecule has 0 bridgehead atoms. The Morgan fingerprint density at radius 1 is 0.466 bits per heavy atom. The van der Waals surface area contributed by atoms with E-state index in [4.69, 9.17) is 0 Å². The third-order valence-corrected chi connectivity index (χ3v) is 19.3. The van der Waals surface area contributed by atoms with E-state index >= 15 is 0 Å². The average molecular weight is 975 g/mol. The Kier molecular flexibility index (Phi) is 10.6. The largest absolute Gasteiger partial charge is 0.311 e. The zero-order valence-electron chi connectivity index (χ0n) is 46.4. The molecule has 0 saturated heterocycles. The van der Waals surface area contributed by atoms with Crippen LogP contribution in [0.5, 0.6) is 0 Å². The van der Waals surface area contributed by atoms with Crippen molar-refractivity contribution in [3.63, 3.8) is 0 Å². The van der Waals surface area contributed by atoms with Gasteiger partial charge in [0.25, 0.3) is 6.71 Å². The van der Waals surface area contributed by atoms with Crippen molar-refractivity contribution < 1.29 is 0 Å². The molecule has 3 heterocycles. The van der Waals surface area contributed by atoms with E-state index in [9.17, 15) is 0 Å². The summed E-state index contributed by atoms with van der Waals surface area (Å²) < 4.78 is 2.77. The molecule has 7 aromatic carbocycles. The van der Waals surface area contributed by atoms with Crippen molar-refractivity contribution >= 4 is 78.0 Å². The minimum Gasteiger partial charge on any atom is -0.311 e. The molecule has 73 heavy (non-hydrogen) atoms. The van der Waals surface area contributed by atoms with Gasteiger partial charge in [-0.05, 0) is 181 Å². The molecule has 2 aliphatic heterocycles. The fraction of sp³-hybridized carbons (Fsp3) is 0.362. The summed E-state index contributed by atoms with van der Waals surface area (Å²) in [6, 6.07) is 53.0. The number of hydrogen-bond acceptors (Lipinski definition) is 3. The van der Waals surface area contributed by atoms with Crippen LogP contribution in [0, 0.1) is 6.92 Å². The van der Waals surface area contributed by atoms with Crippen LogP contribution < -0.4 is 25.5 Å². The molecule has 4 heteroatoms. The molecule has 0 N–H and O–H groups in total. The van der Waals surface area contributed by atoms with E-state index in [1.165, 1.54) is 147 Å². The lowest BCUT2D eigenvalue weighted by Crippen LogP contribution is -2.61. The van der Waals surface area contributed by atoms with Gasteiger partial charge in [-0.25, -0.2) is 0 Å². The molecule has 0 amide bonds. The second-order valence-corrected chi connectivity index (χ2v) is 28.3. The molecule has 0 spiro atoms. The SMILES string of the molecule is Cc1cc2c3c(c1)N(c1c(-c4ccccc4)cc(C(C)(C)C)cc1-c1ccccc1)c1c(sc4ccc(C(C)(C)C)cc14)B3c1cc3c(cc1N2c1ccc2c(c1)C(C)(C)CCC2(C)C)C(C)(C)CCC3(C)C.